The minimum atomic E-state index is 1.17. The molecule has 9 aromatic carbocycles. The molecule has 0 unspecified atom stereocenters. The lowest BCUT2D eigenvalue weighted by atomic mass is 9.95. The van der Waals surface area contributed by atoms with Crippen molar-refractivity contribution in [3.8, 4) is 39.3 Å². The van der Waals surface area contributed by atoms with Crippen molar-refractivity contribution in [3.05, 3.63) is 211 Å². The van der Waals surface area contributed by atoms with Crippen LogP contribution >= 0.6 is 0 Å². The number of para-hydroxylation sites is 5. The monoisotopic (exact) mass is 753 g/mol. The van der Waals surface area contributed by atoms with E-state index in [1.54, 1.807) is 0 Å². The SMILES string of the molecule is Cc1cc(-n2c3ccccc3c3ccccc32)ccc1-c1ccc(-n2c3ccccc3c3cc(-c4ccc5c(c4)c4ccccc4n5-c4ccccc4)ccc32)cc1C. The Hall–Kier alpha value is -7.62. The molecule has 0 spiro atoms. The summed E-state index contributed by atoms with van der Waals surface area (Å²) >= 11 is 0. The molecule has 278 valence electrons. The predicted octanol–water partition coefficient (Wildman–Crippen LogP) is 14.9. The summed E-state index contributed by atoms with van der Waals surface area (Å²) in [6.45, 7) is 4.49. The Morgan fingerprint density at radius 3 is 1.00 bits per heavy atom. The molecule has 0 aliphatic heterocycles. The van der Waals surface area contributed by atoms with Gasteiger partial charge < -0.3 is 13.7 Å². The minimum Gasteiger partial charge on any atom is -0.309 e. The first-order chi connectivity index (χ1) is 29.1. The fraction of sp³-hybridized carbons (Fsp3) is 0.0357. The van der Waals surface area contributed by atoms with Gasteiger partial charge in [0.1, 0.15) is 0 Å². The number of aryl methyl sites for hydroxylation is 2. The van der Waals surface area contributed by atoms with Gasteiger partial charge in [0.2, 0.25) is 0 Å². The fourth-order valence-electron chi connectivity index (χ4n) is 9.82. The molecule has 0 aliphatic carbocycles. The summed E-state index contributed by atoms with van der Waals surface area (Å²) < 4.78 is 7.20. The van der Waals surface area contributed by atoms with Crippen LogP contribution in [0.4, 0.5) is 0 Å². The van der Waals surface area contributed by atoms with Crippen molar-refractivity contribution in [1.29, 1.82) is 0 Å². The van der Waals surface area contributed by atoms with Crippen LogP contribution in [0.15, 0.2) is 200 Å². The Kier molecular flexibility index (Phi) is 7.36. The lowest BCUT2D eigenvalue weighted by Gasteiger charge is -2.16. The summed E-state index contributed by atoms with van der Waals surface area (Å²) in [5, 5.41) is 7.59. The number of aromatic nitrogens is 3. The van der Waals surface area contributed by atoms with E-state index in [0.717, 1.165) is 0 Å². The minimum absolute atomic E-state index is 1.17. The molecule has 0 N–H and O–H groups in total. The van der Waals surface area contributed by atoms with Crippen LogP contribution < -0.4 is 0 Å². The van der Waals surface area contributed by atoms with E-state index in [0.29, 0.717) is 0 Å². The van der Waals surface area contributed by atoms with Crippen molar-refractivity contribution in [2.45, 2.75) is 13.8 Å². The number of nitrogens with zero attached hydrogens (tertiary/aromatic N) is 3. The van der Waals surface area contributed by atoms with Crippen LogP contribution in [0.25, 0.3) is 105 Å². The van der Waals surface area contributed by atoms with E-state index in [4.69, 9.17) is 0 Å². The third kappa shape index (κ3) is 5.08. The van der Waals surface area contributed by atoms with Crippen LogP contribution in [0.1, 0.15) is 11.1 Å². The van der Waals surface area contributed by atoms with Gasteiger partial charge in [-0.15, -0.1) is 0 Å². The van der Waals surface area contributed by atoms with E-state index < -0.39 is 0 Å². The molecular formula is C56H39N3. The second-order valence-electron chi connectivity index (χ2n) is 15.9. The predicted molar refractivity (Wildman–Crippen MR) is 250 cm³/mol. The van der Waals surface area contributed by atoms with Crippen molar-refractivity contribution in [3.63, 3.8) is 0 Å². The topological polar surface area (TPSA) is 14.8 Å². The number of hydrogen-bond donors (Lipinski definition) is 0. The Bertz CT molecular complexity index is 3580. The first kappa shape index (κ1) is 33.5. The van der Waals surface area contributed by atoms with Crippen molar-refractivity contribution >= 4 is 65.4 Å². The van der Waals surface area contributed by atoms with E-state index in [2.05, 4.69) is 228 Å². The molecule has 0 fully saturated rings. The molecule has 3 aromatic heterocycles. The average molecular weight is 754 g/mol. The third-order valence-electron chi connectivity index (χ3n) is 12.5. The van der Waals surface area contributed by atoms with Crippen molar-refractivity contribution < 1.29 is 0 Å². The highest BCUT2D eigenvalue weighted by atomic mass is 15.0. The summed E-state index contributed by atoms with van der Waals surface area (Å²) in [7, 11) is 0. The van der Waals surface area contributed by atoms with E-state index in [9.17, 15) is 0 Å². The van der Waals surface area contributed by atoms with Gasteiger partial charge in [0.05, 0.1) is 33.1 Å². The van der Waals surface area contributed by atoms with Gasteiger partial charge in [0, 0.05) is 49.4 Å². The normalized spacial score (nSPS) is 11.9. The lowest BCUT2D eigenvalue weighted by molar-refractivity contribution is 1.16. The van der Waals surface area contributed by atoms with Gasteiger partial charge in [0.15, 0.2) is 0 Å². The number of hydrogen-bond acceptors (Lipinski definition) is 0. The standard InChI is InChI=1S/C56H39N3/c1-36-32-41(58-51-20-10-6-16-45(51)46-17-7-11-21-52(46)58)26-28-43(36)44-29-27-42(33-37(44)2)59-54-23-13-9-19-48(54)50-35-39(25-31-56(50)59)38-24-30-55-49(34-38)47-18-8-12-22-53(47)57(55)40-14-4-3-5-15-40/h3-35H,1-2H3. The number of rotatable bonds is 5. The molecule has 12 aromatic rings. The molecule has 0 radical (unpaired) electrons. The zero-order chi connectivity index (χ0) is 39.2. The van der Waals surface area contributed by atoms with Crippen molar-refractivity contribution in [1.82, 2.24) is 13.7 Å². The van der Waals surface area contributed by atoms with E-state index in [1.165, 1.54) is 116 Å². The van der Waals surface area contributed by atoms with Gasteiger partial charge in [-0.3, -0.25) is 0 Å². The highest BCUT2D eigenvalue weighted by Crippen LogP contribution is 2.40. The highest BCUT2D eigenvalue weighted by Gasteiger charge is 2.18. The van der Waals surface area contributed by atoms with E-state index in [1.807, 2.05) is 0 Å². The molecule has 3 nitrogen and oxygen atoms in total. The molecule has 12 rings (SSSR count). The zero-order valence-corrected chi connectivity index (χ0v) is 32.9. The second-order valence-corrected chi connectivity index (χ2v) is 15.9. The molecule has 0 bridgehead atoms. The summed E-state index contributed by atoms with van der Waals surface area (Å²) in [6.07, 6.45) is 0. The largest absolute Gasteiger partial charge is 0.309 e. The van der Waals surface area contributed by atoms with Gasteiger partial charge >= 0.3 is 0 Å². The highest BCUT2D eigenvalue weighted by molar-refractivity contribution is 6.13. The Morgan fingerprint density at radius 2 is 0.593 bits per heavy atom. The zero-order valence-electron chi connectivity index (χ0n) is 32.9. The Balaban J connectivity index is 0.940. The van der Waals surface area contributed by atoms with Crippen LogP contribution in [0, 0.1) is 13.8 Å². The Labute approximate surface area is 342 Å². The first-order valence-corrected chi connectivity index (χ1v) is 20.4. The van der Waals surface area contributed by atoms with Crippen LogP contribution in [-0.4, -0.2) is 13.7 Å². The van der Waals surface area contributed by atoms with Gasteiger partial charge in [-0.05, 0) is 132 Å². The molecule has 0 atom stereocenters. The van der Waals surface area contributed by atoms with Crippen LogP contribution in [-0.2, 0) is 0 Å². The summed E-state index contributed by atoms with van der Waals surface area (Å²) in [6, 6.07) is 73.4. The summed E-state index contributed by atoms with van der Waals surface area (Å²) in [5.41, 5.74) is 18.3. The van der Waals surface area contributed by atoms with Crippen molar-refractivity contribution in [2.75, 3.05) is 0 Å². The molecule has 3 heteroatoms. The summed E-state index contributed by atoms with van der Waals surface area (Å²) in [4.78, 5) is 0. The molecule has 0 saturated heterocycles. The summed E-state index contributed by atoms with van der Waals surface area (Å²) in [5.74, 6) is 0. The van der Waals surface area contributed by atoms with Crippen molar-refractivity contribution in [2.24, 2.45) is 0 Å². The number of benzene rings is 9. The molecule has 59 heavy (non-hydrogen) atoms. The van der Waals surface area contributed by atoms with Crippen LogP contribution in [0.2, 0.25) is 0 Å². The smallest absolute Gasteiger partial charge is 0.0541 e. The van der Waals surface area contributed by atoms with Gasteiger partial charge in [0.25, 0.3) is 0 Å². The third-order valence-corrected chi connectivity index (χ3v) is 12.5. The molecular weight excluding hydrogens is 715 g/mol. The van der Waals surface area contributed by atoms with E-state index >= 15 is 0 Å². The van der Waals surface area contributed by atoms with Gasteiger partial charge in [-0.1, -0.05) is 115 Å². The maximum atomic E-state index is 2.43. The quantitative estimate of drug-likeness (QED) is 0.166. The lowest BCUT2D eigenvalue weighted by Crippen LogP contribution is -1.98. The molecule has 0 amide bonds. The maximum Gasteiger partial charge on any atom is 0.0541 e. The van der Waals surface area contributed by atoms with Gasteiger partial charge in [-0.2, -0.15) is 0 Å². The van der Waals surface area contributed by atoms with E-state index in [-0.39, 0.29) is 0 Å². The average Bonchev–Trinajstić information content (AvgIpc) is 3.92. The Morgan fingerprint density at radius 1 is 0.254 bits per heavy atom. The van der Waals surface area contributed by atoms with Gasteiger partial charge in [-0.25, -0.2) is 0 Å². The van der Waals surface area contributed by atoms with Crippen LogP contribution in [0.5, 0.6) is 0 Å². The first-order valence-electron chi connectivity index (χ1n) is 20.4. The number of fused-ring (bicyclic) bond motifs is 9. The second kappa shape index (κ2) is 13.0. The maximum absolute atomic E-state index is 2.43. The molecule has 0 aliphatic rings. The molecule has 0 saturated carbocycles. The van der Waals surface area contributed by atoms with Crippen LogP contribution in [0.3, 0.4) is 0 Å². The fourth-order valence-corrected chi connectivity index (χ4v) is 9.82. The molecule has 3 heterocycles.